The topological polar surface area (TPSA) is 61.4 Å². The molecule has 4 bridgehead atoms. The van der Waals surface area contributed by atoms with Crippen molar-refractivity contribution in [1.29, 1.82) is 0 Å². The standard InChI is InChI=1S/C17H20Cl2N2O2/c18-13-6-12(7-14(19)16(13)22)20-17(23)21-15-10-2-8-1-9(4-10)5-11(15)3-8/h6-11,15,22H,1-5H2,(H2,20,21,23). The Hall–Kier alpha value is -1.13. The minimum Gasteiger partial charge on any atom is -0.505 e. The van der Waals surface area contributed by atoms with E-state index in [0.717, 1.165) is 11.8 Å². The van der Waals surface area contributed by atoms with E-state index in [-0.39, 0.29) is 27.9 Å². The summed E-state index contributed by atoms with van der Waals surface area (Å²) in [5.41, 5.74) is 0.485. The lowest BCUT2D eigenvalue weighted by atomic mass is 9.54. The highest BCUT2D eigenvalue weighted by atomic mass is 35.5. The molecule has 0 spiro atoms. The Morgan fingerprint density at radius 3 is 2.04 bits per heavy atom. The van der Waals surface area contributed by atoms with Crippen LogP contribution in [0.25, 0.3) is 0 Å². The van der Waals surface area contributed by atoms with E-state index >= 15 is 0 Å². The predicted molar refractivity (Wildman–Crippen MR) is 91.1 cm³/mol. The number of halogens is 2. The van der Waals surface area contributed by atoms with Crippen LogP contribution in [0.3, 0.4) is 0 Å². The summed E-state index contributed by atoms with van der Waals surface area (Å²) in [5, 5.41) is 15.8. The average molecular weight is 355 g/mol. The third kappa shape index (κ3) is 2.87. The number of aromatic hydroxyl groups is 1. The Morgan fingerprint density at radius 1 is 1.00 bits per heavy atom. The highest BCUT2D eigenvalue weighted by Crippen LogP contribution is 2.53. The molecule has 0 atom stereocenters. The van der Waals surface area contributed by atoms with Crippen LogP contribution in [0.2, 0.25) is 10.0 Å². The average Bonchev–Trinajstić information content (AvgIpc) is 2.47. The molecule has 0 radical (unpaired) electrons. The predicted octanol–water partition coefficient (Wildman–Crippen LogP) is 4.65. The molecule has 0 aliphatic heterocycles. The number of hydrogen-bond donors (Lipinski definition) is 3. The van der Waals surface area contributed by atoms with Gasteiger partial charge in [0.15, 0.2) is 5.75 Å². The van der Waals surface area contributed by atoms with Crippen molar-refractivity contribution in [2.75, 3.05) is 5.32 Å². The molecule has 4 aliphatic carbocycles. The summed E-state index contributed by atoms with van der Waals surface area (Å²) in [7, 11) is 0. The van der Waals surface area contributed by atoms with Crippen LogP contribution < -0.4 is 10.6 Å². The van der Waals surface area contributed by atoms with Crippen molar-refractivity contribution < 1.29 is 9.90 Å². The van der Waals surface area contributed by atoms with Crippen LogP contribution in [0.4, 0.5) is 10.5 Å². The van der Waals surface area contributed by atoms with E-state index in [9.17, 15) is 9.90 Å². The molecule has 5 rings (SSSR count). The van der Waals surface area contributed by atoms with Gasteiger partial charge in [-0.3, -0.25) is 0 Å². The third-order valence-corrected chi connectivity index (χ3v) is 6.38. The van der Waals surface area contributed by atoms with Gasteiger partial charge in [0, 0.05) is 11.7 Å². The molecular weight excluding hydrogens is 335 g/mol. The number of amides is 2. The number of urea groups is 1. The fourth-order valence-corrected chi connectivity index (χ4v) is 5.60. The fourth-order valence-electron chi connectivity index (χ4n) is 5.12. The third-order valence-electron chi connectivity index (χ3n) is 5.80. The van der Waals surface area contributed by atoms with Crippen molar-refractivity contribution in [2.24, 2.45) is 23.7 Å². The molecule has 0 aromatic heterocycles. The van der Waals surface area contributed by atoms with Crippen LogP contribution in [-0.2, 0) is 0 Å². The molecule has 0 saturated heterocycles. The molecule has 124 valence electrons. The Labute approximate surface area is 145 Å². The summed E-state index contributed by atoms with van der Waals surface area (Å²) in [4.78, 5) is 12.3. The maximum atomic E-state index is 12.3. The van der Waals surface area contributed by atoms with Crippen molar-refractivity contribution in [3.8, 4) is 5.75 Å². The van der Waals surface area contributed by atoms with Gasteiger partial charge in [0.1, 0.15) is 0 Å². The van der Waals surface area contributed by atoms with Crippen molar-refractivity contribution in [2.45, 2.75) is 38.1 Å². The number of carbonyl (C=O) groups excluding carboxylic acids is 1. The smallest absolute Gasteiger partial charge is 0.319 e. The molecule has 6 heteroatoms. The van der Waals surface area contributed by atoms with Gasteiger partial charge in [0.25, 0.3) is 0 Å². The van der Waals surface area contributed by atoms with Crippen LogP contribution in [0.15, 0.2) is 12.1 Å². The van der Waals surface area contributed by atoms with Crippen molar-refractivity contribution in [1.82, 2.24) is 5.32 Å². The van der Waals surface area contributed by atoms with Gasteiger partial charge in [-0.25, -0.2) is 4.79 Å². The van der Waals surface area contributed by atoms with Crippen molar-refractivity contribution in [3.63, 3.8) is 0 Å². The van der Waals surface area contributed by atoms with E-state index in [4.69, 9.17) is 23.2 Å². The van der Waals surface area contributed by atoms with E-state index in [1.54, 1.807) is 0 Å². The molecule has 0 heterocycles. The number of carbonyl (C=O) groups is 1. The van der Waals surface area contributed by atoms with Gasteiger partial charge in [0.2, 0.25) is 0 Å². The minimum absolute atomic E-state index is 0.127. The van der Waals surface area contributed by atoms with Crippen LogP contribution in [-0.4, -0.2) is 17.2 Å². The normalized spacial score (nSPS) is 34.4. The lowest BCUT2D eigenvalue weighted by Crippen LogP contribution is -2.56. The second-order valence-electron chi connectivity index (χ2n) is 7.34. The van der Waals surface area contributed by atoms with Crippen LogP contribution >= 0.6 is 23.2 Å². The highest BCUT2D eigenvalue weighted by Gasteiger charge is 2.48. The van der Waals surface area contributed by atoms with E-state index in [2.05, 4.69) is 10.6 Å². The van der Waals surface area contributed by atoms with Crippen LogP contribution in [0.5, 0.6) is 5.75 Å². The van der Waals surface area contributed by atoms with Gasteiger partial charge >= 0.3 is 6.03 Å². The molecule has 4 aliphatic rings. The first-order chi connectivity index (χ1) is 11.0. The maximum absolute atomic E-state index is 12.3. The summed E-state index contributed by atoms with van der Waals surface area (Å²) in [5.74, 6) is 2.86. The lowest BCUT2D eigenvalue weighted by molar-refractivity contribution is -0.00883. The second kappa shape index (κ2) is 5.75. The van der Waals surface area contributed by atoms with Crippen molar-refractivity contribution in [3.05, 3.63) is 22.2 Å². The Balaban J connectivity index is 1.43. The lowest BCUT2D eigenvalue weighted by Gasteiger charge is -2.54. The summed E-state index contributed by atoms with van der Waals surface area (Å²) in [6.45, 7) is 0. The quantitative estimate of drug-likeness (QED) is 0.677. The number of benzene rings is 1. The van der Waals surface area contributed by atoms with E-state index in [1.807, 2.05) is 0 Å². The Kier molecular flexibility index (Phi) is 3.85. The highest BCUT2D eigenvalue weighted by molar-refractivity contribution is 6.37. The number of phenols is 1. The fraction of sp³-hybridized carbons (Fsp3) is 0.588. The van der Waals surface area contributed by atoms with Crippen LogP contribution in [0, 0.1) is 23.7 Å². The zero-order chi connectivity index (χ0) is 16.1. The molecule has 3 N–H and O–H groups in total. The van der Waals surface area contributed by atoms with E-state index in [1.165, 1.54) is 44.2 Å². The summed E-state index contributed by atoms with van der Waals surface area (Å²) >= 11 is 11.8. The Morgan fingerprint density at radius 2 is 1.52 bits per heavy atom. The number of hydrogen-bond acceptors (Lipinski definition) is 2. The maximum Gasteiger partial charge on any atom is 0.319 e. The zero-order valence-electron chi connectivity index (χ0n) is 12.7. The first-order valence-electron chi connectivity index (χ1n) is 8.25. The van der Waals surface area contributed by atoms with Crippen LogP contribution in [0.1, 0.15) is 32.1 Å². The number of nitrogens with one attached hydrogen (secondary N) is 2. The second-order valence-corrected chi connectivity index (χ2v) is 8.16. The SMILES string of the molecule is O=C(Nc1cc(Cl)c(O)c(Cl)c1)NC1C2CC3CC(C2)CC1C3. The van der Waals surface area contributed by atoms with Gasteiger partial charge in [-0.05, 0) is 67.9 Å². The largest absolute Gasteiger partial charge is 0.505 e. The first kappa shape index (κ1) is 15.4. The molecular formula is C17H20Cl2N2O2. The number of phenolic OH excluding ortho intramolecular Hbond substituents is 1. The minimum atomic E-state index is -0.222. The van der Waals surface area contributed by atoms with Gasteiger partial charge in [0.05, 0.1) is 10.0 Å². The van der Waals surface area contributed by atoms with E-state index in [0.29, 0.717) is 17.5 Å². The number of rotatable bonds is 2. The molecule has 1 aromatic carbocycles. The van der Waals surface area contributed by atoms with Gasteiger partial charge in [-0.15, -0.1) is 0 Å². The molecule has 4 fully saturated rings. The van der Waals surface area contributed by atoms with E-state index < -0.39 is 0 Å². The molecule has 0 unspecified atom stereocenters. The molecule has 23 heavy (non-hydrogen) atoms. The van der Waals surface area contributed by atoms with Gasteiger partial charge in [-0.2, -0.15) is 0 Å². The van der Waals surface area contributed by atoms with Gasteiger partial charge in [-0.1, -0.05) is 23.2 Å². The van der Waals surface area contributed by atoms with Gasteiger partial charge < -0.3 is 15.7 Å². The zero-order valence-corrected chi connectivity index (χ0v) is 14.2. The molecule has 1 aromatic rings. The van der Waals surface area contributed by atoms with Crippen molar-refractivity contribution >= 4 is 34.9 Å². The Bertz CT molecular complexity index is 598. The molecule has 4 nitrogen and oxygen atoms in total. The summed E-state index contributed by atoms with van der Waals surface area (Å²) in [6.07, 6.45) is 6.43. The number of anilines is 1. The monoisotopic (exact) mass is 354 g/mol. The summed E-state index contributed by atoms with van der Waals surface area (Å²) < 4.78 is 0. The summed E-state index contributed by atoms with van der Waals surface area (Å²) in [6, 6.07) is 3.06. The molecule has 2 amide bonds. The molecule has 4 saturated carbocycles. The first-order valence-corrected chi connectivity index (χ1v) is 9.00.